The van der Waals surface area contributed by atoms with E-state index in [4.69, 9.17) is 9.97 Å². The second-order valence-corrected chi connectivity index (χ2v) is 12.0. The molecule has 0 fully saturated rings. The van der Waals surface area contributed by atoms with E-state index in [1.807, 2.05) is 18.2 Å². The Morgan fingerprint density at radius 1 is 0.477 bits per heavy atom. The van der Waals surface area contributed by atoms with Crippen molar-refractivity contribution in [1.29, 1.82) is 0 Å². The smallest absolute Gasteiger partial charge is 0.161 e. The third kappa shape index (κ3) is 3.89. The van der Waals surface area contributed by atoms with Crippen LogP contribution in [0.2, 0.25) is 0 Å². The summed E-state index contributed by atoms with van der Waals surface area (Å²) >= 11 is 1.73. The maximum Gasteiger partial charge on any atom is 0.161 e. The van der Waals surface area contributed by atoms with Gasteiger partial charge in [0, 0.05) is 43.1 Å². The van der Waals surface area contributed by atoms with Gasteiger partial charge >= 0.3 is 0 Å². The van der Waals surface area contributed by atoms with Gasteiger partial charge in [0.2, 0.25) is 0 Å². The molecule has 0 aliphatic carbocycles. The lowest BCUT2D eigenvalue weighted by molar-refractivity contribution is 1.18. The summed E-state index contributed by atoms with van der Waals surface area (Å²) in [7, 11) is 0. The fraction of sp³-hybridized carbons (Fsp3) is 0. The topological polar surface area (TPSA) is 30.7 Å². The molecule has 3 heterocycles. The largest absolute Gasteiger partial charge is 0.309 e. The Morgan fingerprint density at radius 2 is 1.14 bits per heavy atom. The van der Waals surface area contributed by atoms with E-state index in [0.29, 0.717) is 0 Å². The van der Waals surface area contributed by atoms with Gasteiger partial charge in [0.15, 0.2) is 5.82 Å². The van der Waals surface area contributed by atoms with E-state index in [0.717, 1.165) is 44.1 Å². The van der Waals surface area contributed by atoms with Gasteiger partial charge in [-0.25, -0.2) is 9.97 Å². The Bertz CT molecular complexity index is 2490. The van der Waals surface area contributed by atoms with Gasteiger partial charge in [-0.15, -0.1) is 11.3 Å². The van der Waals surface area contributed by atoms with E-state index in [-0.39, 0.29) is 0 Å². The highest BCUT2D eigenvalue weighted by atomic mass is 32.1. The van der Waals surface area contributed by atoms with Crippen LogP contribution in [0, 0.1) is 0 Å². The van der Waals surface area contributed by atoms with Crippen molar-refractivity contribution < 1.29 is 0 Å². The molecule has 206 valence electrons. The fourth-order valence-electron chi connectivity index (χ4n) is 6.50. The van der Waals surface area contributed by atoms with E-state index in [1.54, 1.807) is 11.3 Å². The van der Waals surface area contributed by atoms with Crippen LogP contribution in [-0.4, -0.2) is 14.5 Å². The molecular formula is C40H25N3S. The number of aromatic nitrogens is 3. The molecule has 4 heteroatoms. The van der Waals surface area contributed by atoms with E-state index < -0.39 is 0 Å². The molecule has 0 N–H and O–H groups in total. The molecule has 0 unspecified atom stereocenters. The molecule has 0 amide bonds. The number of nitrogens with zero attached hydrogens (tertiary/aromatic N) is 3. The fourth-order valence-corrected chi connectivity index (χ4v) is 7.57. The van der Waals surface area contributed by atoms with Crippen LogP contribution in [0.25, 0.3) is 81.6 Å². The lowest BCUT2D eigenvalue weighted by Gasteiger charge is -2.11. The highest BCUT2D eigenvalue weighted by Crippen LogP contribution is 2.42. The van der Waals surface area contributed by atoms with Gasteiger partial charge in [-0.3, -0.25) is 0 Å². The van der Waals surface area contributed by atoms with Crippen molar-refractivity contribution in [3.05, 3.63) is 152 Å². The summed E-state index contributed by atoms with van der Waals surface area (Å²) in [6.07, 6.45) is 0. The molecule has 44 heavy (non-hydrogen) atoms. The first-order chi connectivity index (χ1) is 21.8. The van der Waals surface area contributed by atoms with E-state index in [2.05, 4.69) is 138 Å². The van der Waals surface area contributed by atoms with Gasteiger partial charge in [-0.2, -0.15) is 0 Å². The van der Waals surface area contributed by atoms with E-state index in [9.17, 15) is 0 Å². The van der Waals surface area contributed by atoms with Crippen molar-refractivity contribution in [2.45, 2.75) is 0 Å². The van der Waals surface area contributed by atoms with E-state index in [1.165, 1.54) is 37.5 Å². The van der Waals surface area contributed by atoms with Crippen LogP contribution in [0.5, 0.6) is 0 Å². The third-order valence-corrected chi connectivity index (χ3v) is 9.49. The minimum absolute atomic E-state index is 0.748. The van der Waals surface area contributed by atoms with Gasteiger partial charge in [0.1, 0.15) is 4.83 Å². The molecule has 6 aromatic carbocycles. The number of hydrogen-bond acceptors (Lipinski definition) is 3. The van der Waals surface area contributed by atoms with Gasteiger partial charge < -0.3 is 4.57 Å². The van der Waals surface area contributed by atoms with Crippen molar-refractivity contribution in [3.8, 4) is 39.5 Å². The Hall–Kier alpha value is -5.58. The minimum Gasteiger partial charge on any atom is -0.309 e. The Kier molecular flexibility index (Phi) is 5.68. The second kappa shape index (κ2) is 10.0. The normalized spacial score (nSPS) is 11.6. The number of benzene rings is 6. The average Bonchev–Trinajstić information content (AvgIpc) is 3.64. The first-order valence-electron chi connectivity index (χ1n) is 14.8. The summed E-state index contributed by atoms with van der Waals surface area (Å²) in [5, 5.41) is 4.80. The highest BCUT2D eigenvalue weighted by molar-refractivity contribution is 7.25. The van der Waals surface area contributed by atoms with Crippen LogP contribution in [0.15, 0.2) is 152 Å². The number of rotatable bonds is 4. The number of hydrogen-bond donors (Lipinski definition) is 0. The first-order valence-corrected chi connectivity index (χ1v) is 15.6. The summed E-state index contributed by atoms with van der Waals surface area (Å²) in [5.74, 6) is 0.748. The molecule has 3 nitrogen and oxygen atoms in total. The molecule has 9 rings (SSSR count). The summed E-state index contributed by atoms with van der Waals surface area (Å²) in [5.41, 5.74) is 8.99. The maximum absolute atomic E-state index is 5.25. The van der Waals surface area contributed by atoms with Crippen LogP contribution in [0.4, 0.5) is 0 Å². The number of thiophene rings is 1. The average molecular weight is 580 g/mol. The van der Waals surface area contributed by atoms with E-state index >= 15 is 0 Å². The van der Waals surface area contributed by atoms with Crippen LogP contribution >= 0.6 is 11.3 Å². The molecule has 0 aliphatic rings. The van der Waals surface area contributed by atoms with Crippen molar-refractivity contribution >= 4 is 53.4 Å². The lowest BCUT2D eigenvalue weighted by Crippen LogP contribution is -1.94. The van der Waals surface area contributed by atoms with Crippen molar-refractivity contribution in [3.63, 3.8) is 0 Å². The molecule has 0 bridgehead atoms. The highest BCUT2D eigenvalue weighted by Gasteiger charge is 2.19. The summed E-state index contributed by atoms with van der Waals surface area (Å²) in [4.78, 5) is 11.3. The maximum atomic E-state index is 5.25. The summed E-state index contributed by atoms with van der Waals surface area (Å²) in [6.45, 7) is 0. The minimum atomic E-state index is 0.748. The van der Waals surface area contributed by atoms with Crippen LogP contribution in [0.1, 0.15) is 0 Å². The molecule has 0 radical (unpaired) electrons. The molecule has 3 aromatic heterocycles. The van der Waals surface area contributed by atoms with Gasteiger partial charge in [-0.1, -0.05) is 115 Å². The Labute approximate surface area is 258 Å². The predicted octanol–water partition coefficient (Wildman–Crippen LogP) is 10.9. The van der Waals surface area contributed by atoms with Crippen molar-refractivity contribution in [1.82, 2.24) is 14.5 Å². The van der Waals surface area contributed by atoms with Gasteiger partial charge in [0.25, 0.3) is 0 Å². The first kappa shape index (κ1) is 25.0. The monoisotopic (exact) mass is 579 g/mol. The van der Waals surface area contributed by atoms with Crippen molar-refractivity contribution in [2.24, 2.45) is 0 Å². The number of fused-ring (bicyclic) bond motifs is 6. The quantitative estimate of drug-likeness (QED) is 0.208. The Morgan fingerprint density at radius 3 is 2.00 bits per heavy atom. The van der Waals surface area contributed by atoms with Crippen LogP contribution in [-0.2, 0) is 0 Å². The Balaban J connectivity index is 1.31. The lowest BCUT2D eigenvalue weighted by atomic mass is 9.96. The van der Waals surface area contributed by atoms with Crippen molar-refractivity contribution in [2.75, 3.05) is 0 Å². The molecule has 9 aromatic rings. The molecule has 0 saturated carbocycles. The van der Waals surface area contributed by atoms with Gasteiger partial charge in [-0.05, 0) is 47.5 Å². The van der Waals surface area contributed by atoms with Crippen LogP contribution in [0.3, 0.4) is 0 Å². The molecular weight excluding hydrogens is 555 g/mol. The number of para-hydroxylation sites is 2. The summed E-state index contributed by atoms with van der Waals surface area (Å²) < 4.78 is 3.59. The zero-order chi connectivity index (χ0) is 29.0. The standard InChI is InChI=1S/C40H25N3S/c1-3-13-26(14-4-1)39-41-38(37-32-20-8-10-24-35(32)44-40(37)42-39)28-16-11-15-27(25-28)30-21-12-23-34-36(30)31-19-7-9-22-33(31)43(34)29-17-5-2-6-18-29/h1-25H. The third-order valence-electron chi connectivity index (χ3n) is 8.43. The SMILES string of the molecule is c1ccc(-c2nc(-c3cccc(-c4cccc5c4c4ccccc4n5-c4ccccc4)c3)c3c(n2)sc2ccccc23)cc1. The molecule has 0 atom stereocenters. The van der Waals surface area contributed by atoms with Crippen LogP contribution < -0.4 is 0 Å². The van der Waals surface area contributed by atoms with Gasteiger partial charge in [0.05, 0.1) is 16.7 Å². The second-order valence-electron chi connectivity index (χ2n) is 11.0. The predicted molar refractivity (Wildman–Crippen MR) is 186 cm³/mol. The molecule has 0 spiro atoms. The summed E-state index contributed by atoms with van der Waals surface area (Å²) in [6, 6.07) is 53.7. The molecule has 0 aliphatic heterocycles. The zero-order valence-electron chi connectivity index (χ0n) is 23.7. The molecule has 0 saturated heterocycles. The zero-order valence-corrected chi connectivity index (χ0v) is 24.5.